The van der Waals surface area contributed by atoms with Crippen LogP contribution in [0.4, 0.5) is 0 Å². The minimum atomic E-state index is -0.292. The molecule has 0 atom stereocenters. The number of aromatic nitrogens is 2. The van der Waals surface area contributed by atoms with Crippen molar-refractivity contribution in [3.8, 4) is 35.0 Å². The van der Waals surface area contributed by atoms with Crippen molar-refractivity contribution in [2.45, 2.75) is 26.2 Å². The summed E-state index contributed by atoms with van der Waals surface area (Å²) in [7, 11) is 0. The topological polar surface area (TPSA) is 83.2 Å². The number of ether oxygens (including phenoxy) is 1. The zero-order valence-corrected chi connectivity index (χ0v) is 21.4. The molecule has 1 aliphatic rings. The van der Waals surface area contributed by atoms with Gasteiger partial charge in [-0.3, -0.25) is 14.8 Å². The second-order valence-corrected chi connectivity index (χ2v) is 9.07. The van der Waals surface area contributed by atoms with E-state index in [1.54, 1.807) is 18.2 Å². The Balaban J connectivity index is 1.70. The molecule has 4 rings (SSSR count). The Bertz CT molecular complexity index is 1340. The molecule has 0 unspecified atom stereocenters. The Morgan fingerprint density at radius 3 is 2.58 bits per heavy atom. The quantitative estimate of drug-likeness (QED) is 0.357. The van der Waals surface area contributed by atoms with E-state index in [1.807, 2.05) is 40.8 Å². The monoisotopic (exact) mass is 521 g/mol. The average molecular weight is 522 g/mol. The van der Waals surface area contributed by atoms with E-state index in [2.05, 4.69) is 23.3 Å². The number of morpholine rings is 1. The smallest absolute Gasteiger partial charge is 0.286 e. The SMILES string of the molecule is Cc1c(C(=O)NN2CCOCC2)nc(-c2ccc(Cl)cc2Cl)n1-c1ccc(C#CCCCC#N)cc1. The average Bonchev–Trinajstić information content (AvgIpc) is 3.21. The molecule has 1 aliphatic heterocycles. The number of nitrogens with one attached hydrogen (secondary N) is 1. The summed E-state index contributed by atoms with van der Waals surface area (Å²) in [5, 5.41) is 11.4. The van der Waals surface area contributed by atoms with Gasteiger partial charge >= 0.3 is 0 Å². The molecule has 36 heavy (non-hydrogen) atoms. The summed E-state index contributed by atoms with van der Waals surface area (Å²) >= 11 is 12.7. The van der Waals surface area contributed by atoms with Gasteiger partial charge in [0.25, 0.3) is 5.91 Å². The number of rotatable bonds is 6. The highest BCUT2D eigenvalue weighted by Gasteiger charge is 2.24. The molecule has 0 saturated carbocycles. The van der Waals surface area contributed by atoms with Crippen molar-refractivity contribution in [2.75, 3.05) is 26.3 Å². The normalized spacial score (nSPS) is 13.5. The van der Waals surface area contributed by atoms with Crippen molar-refractivity contribution in [1.82, 2.24) is 20.0 Å². The summed E-state index contributed by atoms with van der Waals surface area (Å²) in [4.78, 5) is 17.9. The number of hydrogen-bond donors (Lipinski definition) is 1. The third-order valence-electron chi connectivity index (χ3n) is 5.71. The summed E-state index contributed by atoms with van der Waals surface area (Å²) in [6, 6.07) is 15.0. The maximum absolute atomic E-state index is 13.2. The minimum absolute atomic E-state index is 0.292. The fourth-order valence-electron chi connectivity index (χ4n) is 3.87. The lowest BCUT2D eigenvalue weighted by Gasteiger charge is -2.26. The number of unbranched alkanes of at least 4 members (excludes halogenated alkanes) is 2. The molecule has 0 aliphatic carbocycles. The number of benzene rings is 2. The highest BCUT2D eigenvalue weighted by molar-refractivity contribution is 6.36. The number of nitriles is 1. The zero-order chi connectivity index (χ0) is 25.5. The number of hydrogen-bond acceptors (Lipinski definition) is 5. The Kier molecular flexibility index (Phi) is 8.64. The molecule has 2 heterocycles. The molecule has 1 fully saturated rings. The number of halogens is 2. The molecule has 1 amide bonds. The van der Waals surface area contributed by atoms with Gasteiger partial charge in [-0.15, -0.1) is 0 Å². The highest BCUT2D eigenvalue weighted by Crippen LogP contribution is 2.33. The molecule has 0 bridgehead atoms. The van der Waals surface area contributed by atoms with E-state index in [-0.39, 0.29) is 5.91 Å². The first kappa shape index (κ1) is 25.8. The fourth-order valence-corrected chi connectivity index (χ4v) is 4.36. The molecule has 2 aromatic carbocycles. The molecule has 1 N–H and O–H groups in total. The van der Waals surface area contributed by atoms with Crippen LogP contribution in [-0.4, -0.2) is 46.8 Å². The second kappa shape index (κ2) is 12.1. The van der Waals surface area contributed by atoms with E-state index < -0.39 is 0 Å². The highest BCUT2D eigenvalue weighted by atomic mass is 35.5. The number of hydrazine groups is 1. The Morgan fingerprint density at radius 2 is 1.89 bits per heavy atom. The molecule has 9 heteroatoms. The lowest BCUT2D eigenvalue weighted by molar-refractivity contribution is 0.0124. The van der Waals surface area contributed by atoms with Gasteiger partial charge in [0.1, 0.15) is 5.82 Å². The molecular weight excluding hydrogens is 497 g/mol. The number of amides is 1. The van der Waals surface area contributed by atoms with Crippen molar-refractivity contribution in [3.05, 3.63) is 69.5 Å². The summed E-state index contributed by atoms with van der Waals surface area (Å²) in [5.41, 5.74) is 6.27. The van der Waals surface area contributed by atoms with Gasteiger partial charge in [0.2, 0.25) is 0 Å². The molecule has 1 aromatic heterocycles. The van der Waals surface area contributed by atoms with Crippen molar-refractivity contribution in [1.29, 1.82) is 5.26 Å². The number of nitrogens with zero attached hydrogens (tertiary/aromatic N) is 4. The first-order chi connectivity index (χ1) is 17.5. The van der Waals surface area contributed by atoms with Crippen molar-refractivity contribution < 1.29 is 9.53 Å². The van der Waals surface area contributed by atoms with Gasteiger partial charge in [0.15, 0.2) is 5.69 Å². The molecule has 3 aromatic rings. The number of imidazole rings is 1. The van der Waals surface area contributed by atoms with Gasteiger partial charge in [-0.2, -0.15) is 5.26 Å². The predicted molar refractivity (Wildman–Crippen MR) is 140 cm³/mol. The van der Waals surface area contributed by atoms with Crippen LogP contribution in [0.5, 0.6) is 0 Å². The third-order valence-corrected chi connectivity index (χ3v) is 6.26. The Hall–Kier alpha value is -3.33. The second-order valence-electron chi connectivity index (χ2n) is 8.23. The summed E-state index contributed by atoms with van der Waals surface area (Å²) < 4.78 is 7.27. The maximum atomic E-state index is 13.2. The lowest BCUT2D eigenvalue weighted by Crippen LogP contribution is -2.48. The molecule has 7 nitrogen and oxygen atoms in total. The van der Waals surface area contributed by atoms with Gasteiger partial charge in [0, 0.05) is 47.8 Å². The van der Waals surface area contributed by atoms with Gasteiger partial charge in [-0.05, 0) is 55.8 Å². The summed E-state index contributed by atoms with van der Waals surface area (Å²) in [6.07, 6.45) is 1.94. The number of carbonyl (C=O) groups is 1. The van der Waals surface area contributed by atoms with Crippen LogP contribution < -0.4 is 5.43 Å². The third kappa shape index (κ3) is 6.07. The van der Waals surface area contributed by atoms with E-state index in [0.717, 1.165) is 17.7 Å². The maximum Gasteiger partial charge on any atom is 0.286 e. The molecule has 0 radical (unpaired) electrons. The lowest BCUT2D eigenvalue weighted by atomic mass is 10.1. The van der Waals surface area contributed by atoms with E-state index in [4.69, 9.17) is 38.2 Å². The van der Waals surface area contributed by atoms with Gasteiger partial charge in [0.05, 0.1) is 30.0 Å². The van der Waals surface area contributed by atoms with Crippen LogP contribution in [-0.2, 0) is 4.74 Å². The Morgan fingerprint density at radius 1 is 1.14 bits per heavy atom. The van der Waals surface area contributed by atoms with Crippen molar-refractivity contribution >= 4 is 29.1 Å². The zero-order valence-electron chi connectivity index (χ0n) is 19.9. The summed E-state index contributed by atoms with van der Waals surface area (Å²) in [5.74, 6) is 6.47. The van der Waals surface area contributed by atoms with Crippen LogP contribution in [0.25, 0.3) is 17.1 Å². The molecule has 184 valence electrons. The van der Waals surface area contributed by atoms with Crippen LogP contribution in [0, 0.1) is 30.1 Å². The molecule has 1 saturated heterocycles. The first-order valence-corrected chi connectivity index (χ1v) is 12.4. The van der Waals surface area contributed by atoms with E-state index in [9.17, 15) is 4.79 Å². The van der Waals surface area contributed by atoms with Crippen LogP contribution >= 0.6 is 23.2 Å². The van der Waals surface area contributed by atoms with Crippen LogP contribution in [0.1, 0.15) is 41.0 Å². The van der Waals surface area contributed by atoms with Crippen LogP contribution in [0.2, 0.25) is 10.0 Å². The molecular formula is C27H25Cl2N5O2. The largest absolute Gasteiger partial charge is 0.379 e. The van der Waals surface area contributed by atoms with E-state index in [1.165, 1.54) is 0 Å². The first-order valence-electron chi connectivity index (χ1n) is 11.6. The van der Waals surface area contributed by atoms with Gasteiger partial charge < -0.3 is 4.74 Å². The fraction of sp³-hybridized carbons (Fsp3) is 0.296. The number of carbonyl (C=O) groups excluding carboxylic acids is 1. The van der Waals surface area contributed by atoms with Crippen molar-refractivity contribution in [2.24, 2.45) is 0 Å². The minimum Gasteiger partial charge on any atom is -0.379 e. The molecule has 0 spiro atoms. The van der Waals surface area contributed by atoms with E-state index >= 15 is 0 Å². The van der Waals surface area contributed by atoms with Gasteiger partial charge in [-0.25, -0.2) is 9.99 Å². The van der Waals surface area contributed by atoms with Gasteiger partial charge in [-0.1, -0.05) is 35.0 Å². The standard InChI is InChI=1S/C27H25Cl2N5O2/c1-19-25(27(35)32-33-14-16-36-17-15-33)31-26(23-12-9-21(28)18-24(23)29)34(19)22-10-7-20(8-11-22)6-4-2-3-5-13-30/h7-12,18H,2-3,5,14-17H2,1H3,(H,32,35). The van der Waals surface area contributed by atoms with Crippen molar-refractivity contribution in [3.63, 3.8) is 0 Å². The summed E-state index contributed by atoms with van der Waals surface area (Å²) in [6.45, 7) is 4.21. The van der Waals surface area contributed by atoms with Crippen LogP contribution in [0.15, 0.2) is 42.5 Å². The Labute approximate surface area is 220 Å². The van der Waals surface area contributed by atoms with Crippen LogP contribution in [0.3, 0.4) is 0 Å². The predicted octanol–water partition coefficient (Wildman–Crippen LogP) is 5.18. The van der Waals surface area contributed by atoms with E-state index in [0.29, 0.717) is 72.0 Å².